The molecule has 1 amide bonds. The summed E-state index contributed by atoms with van der Waals surface area (Å²) in [5.41, 5.74) is 0. The summed E-state index contributed by atoms with van der Waals surface area (Å²) in [7, 11) is 0. The highest BCUT2D eigenvalue weighted by Crippen LogP contribution is 2.24. The Balaban J connectivity index is 1.91. The lowest BCUT2D eigenvalue weighted by molar-refractivity contribution is -0.127. The Hall–Kier alpha value is -0.970. The second-order valence-electron chi connectivity index (χ2n) is 4.56. The van der Waals surface area contributed by atoms with Gasteiger partial charge in [0.15, 0.2) is 6.10 Å². The van der Waals surface area contributed by atoms with Crippen LogP contribution in [0.4, 0.5) is 0 Å². The third-order valence-corrected chi connectivity index (χ3v) is 3.36. The van der Waals surface area contributed by atoms with Crippen molar-refractivity contribution >= 4 is 29.1 Å². The average molecular weight is 303 g/mol. The van der Waals surface area contributed by atoms with Crippen molar-refractivity contribution in [2.24, 2.45) is 0 Å². The van der Waals surface area contributed by atoms with Gasteiger partial charge < -0.3 is 15.4 Å². The molecule has 2 rings (SSSR count). The minimum Gasteiger partial charge on any atom is -0.481 e. The number of ether oxygens (including phenoxy) is 1. The molecular formula is C13H16Cl2N2O2. The number of carbonyl (C=O) groups excluding carboxylic acids is 1. The van der Waals surface area contributed by atoms with Crippen LogP contribution in [0.25, 0.3) is 0 Å². The van der Waals surface area contributed by atoms with Gasteiger partial charge in [-0.3, -0.25) is 4.79 Å². The molecule has 1 aliphatic heterocycles. The molecule has 2 atom stereocenters. The number of benzene rings is 1. The van der Waals surface area contributed by atoms with Crippen molar-refractivity contribution in [2.75, 3.05) is 13.1 Å². The van der Waals surface area contributed by atoms with Gasteiger partial charge in [-0.25, -0.2) is 0 Å². The van der Waals surface area contributed by atoms with Gasteiger partial charge >= 0.3 is 0 Å². The van der Waals surface area contributed by atoms with Crippen LogP contribution in [0.15, 0.2) is 18.2 Å². The lowest BCUT2D eigenvalue weighted by atomic mass is 10.2. The fourth-order valence-electron chi connectivity index (χ4n) is 1.95. The Bertz CT molecular complexity index is 442. The summed E-state index contributed by atoms with van der Waals surface area (Å²) < 4.78 is 5.55. The first-order valence-corrected chi connectivity index (χ1v) is 6.94. The van der Waals surface area contributed by atoms with E-state index in [0.717, 1.165) is 19.5 Å². The smallest absolute Gasteiger partial charge is 0.261 e. The molecule has 1 saturated heterocycles. The summed E-state index contributed by atoms with van der Waals surface area (Å²) in [6.45, 7) is 3.44. The third-order valence-electron chi connectivity index (χ3n) is 2.92. The number of amides is 1. The van der Waals surface area contributed by atoms with E-state index < -0.39 is 6.10 Å². The molecular weight excluding hydrogens is 287 g/mol. The number of halogens is 2. The van der Waals surface area contributed by atoms with Gasteiger partial charge in [0.1, 0.15) is 5.75 Å². The van der Waals surface area contributed by atoms with E-state index in [1.807, 2.05) is 0 Å². The molecule has 2 unspecified atom stereocenters. The number of hydrogen-bond acceptors (Lipinski definition) is 3. The molecule has 1 aromatic carbocycles. The van der Waals surface area contributed by atoms with Gasteiger partial charge in [0.05, 0.1) is 0 Å². The first kappa shape index (κ1) is 14.4. The van der Waals surface area contributed by atoms with Gasteiger partial charge in [-0.05, 0) is 38.1 Å². The van der Waals surface area contributed by atoms with E-state index in [4.69, 9.17) is 27.9 Å². The van der Waals surface area contributed by atoms with Crippen LogP contribution in [0.1, 0.15) is 13.3 Å². The first-order chi connectivity index (χ1) is 9.04. The van der Waals surface area contributed by atoms with Crippen molar-refractivity contribution in [2.45, 2.75) is 25.5 Å². The summed E-state index contributed by atoms with van der Waals surface area (Å²) >= 11 is 11.8. The standard InChI is InChI=1S/C13H16Cl2N2O2/c1-8(13(18)17-11-2-3-16-7-11)19-12-5-9(14)4-10(15)6-12/h4-6,8,11,16H,2-3,7H2,1H3,(H,17,18). The van der Waals surface area contributed by atoms with E-state index in [2.05, 4.69) is 10.6 Å². The number of nitrogens with one attached hydrogen (secondary N) is 2. The van der Waals surface area contributed by atoms with Crippen molar-refractivity contribution in [3.05, 3.63) is 28.2 Å². The van der Waals surface area contributed by atoms with Gasteiger partial charge in [0, 0.05) is 22.6 Å². The van der Waals surface area contributed by atoms with Crippen molar-refractivity contribution in [1.29, 1.82) is 0 Å². The molecule has 4 nitrogen and oxygen atoms in total. The average Bonchev–Trinajstić information content (AvgIpc) is 2.80. The largest absolute Gasteiger partial charge is 0.481 e. The van der Waals surface area contributed by atoms with Crippen molar-refractivity contribution in [3.8, 4) is 5.75 Å². The highest BCUT2D eigenvalue weighted by atomic mass is 35.5. The van der Waals surface area contributed by atoms with Crippen LogP contribution >= 0.6 is 23.2 Å². The lowest BCUT2D eigenvalue weighted by Gasteiger charge is -2.18. The third kappa shape index (κ3) is 4.27. The molecule has 0 aliphatic carbocycles. The van der Waals surface area contributed by atoms with Gasteiger partial charge in [-0.1, -0.05) is 23.2 Å². The van der Waals surface area contributed by atoms with Crippen LogP contribution < -0.4 is 15.4 Å². The maximum absolute atomic E-state index is 11.9. The number of rotatable bonds is 4. The zero-order valence-corrected chi connectivity index (χ0v) is 12.1. The highest BCUT2D eigenvalue weighted by molar-refractivity contribution is 6.34. The molecule has 0 aromatic heterocycles. The van der Waals surface area contributed by atoms with Gasteiger partial charge in [0.25, 0.3) is 5.91 Å². The fourth-order valence-corrected chi connectivity index (χ4v) is 2.46. The van der Waals surface area contributed by atoms with Gasteiger partial charge in [0.2, 0.25) is 0 Å². The van der Waals surface area contributed by atoms with E-state index >= 15 is 0 Å². The van der Waals surface area contributed by atoms with Crippen LogP contribution in [0.5, 0.6) is 5.75 Å². The minimum atomic E-state index is -0.588. The predicted molar refractivity (Wildman–Crippen MR) is 76.0 cm³/mol. The first-order valence-electron chi connectivity index (χ1n) is 6.18. The number of hydrogen-bond donors (Lipinski definition) is 2. The number of carbonyl (C=O) groups is 1. The molecule has 0 radical (unpaired) electrons. The Kier molecular flexibility index (Phi) is 4.91. The van der Waals surface area contributed by atoms with E-state index in [1.165, 1.54) is 0 Å². The van der Waals surface area contributed by atoms with Crippen LogP contribution in [-0.2, 0) is 4.79 Å². The second-order valence-corrected chi connectivity index (χ2v) is 5.44. The van der Waals surface area contributed by atoms with Crippen molar-refractivity contribution in [3.63, 3.8) is 0 Å². The summed E-state index contributed by atoms with van der Waals surface area (Å²) in [6.07, 6.45) is 0.358. The normalized spacial score (nSPS) is 20.1. The molecule has 1 fully saturated rings. The topological polar surface area (TPSA) is 50.4 Å². The molecule has 104 valence electrons. The van der Waals surface area contributed by atoms with E-state index in [-0.39, 0.29) is 11.9 Å². The van der Waals surface area contributed by atoms with Crippen LogP contribution in [0.3, 0.4) is 0 Å². The Morgan fingerprint density at radius 1 is 1.42 bits per heavy atom. The van der Waals surface area contributed by atoms with E-state index in [0.29, 0.717) is 15.8 Å². The second kappa shape index (κ2) is 6.46. The monoisotopic (exact) mass is 302 g/mol. The Morgan fingerprint density at radius 3 is 2.68 bits per heavy atom. The quantitative estimate of drug-likeness (QED) is 0.897. The molecule has 1 aliphatic rings. The van der Waals surface area contributed by atoms with Crippen LogP contribution in [0.2, 0.25) is 10.0 Å². The molecule has 2 N–H and O–H groups in total. The fraction of sp³-hybridized carbons (Fsp3) is 0.462. The Labute approximate surface area is 122 Å². The predicted octanol–water partition coefficient (Wildman–Crippen LogP) is 2.24. The molecule has 6 heteroatoms. The summed E-state index contributed by atoms with van der Waals surface area (Å²) in [5, 5.41) is 7.09. The van der Waals surface area contributed by atoms with Gasteiger partial charge in [-0.2, -0.15) is 0 Å². The zero-order chi connectivity index (χ0) is 13.8. The zero-order valence-electron chi connectivity index (χ0n) is 10.6. The molecule has 19 heavy (non-hydrogen) atoms. The van der Waals surface area contributed by atoms with Crippen LogP contribution in [0, 0.1) is 0 Å². The molecule has 1 heterocycles. The lowest BCUT2D eigenvalue weighted by Crippen LogP contribution is -2.43. The van der Waals surface area contributed by atoms with Gasteiger partial charge in [-0.15, -0.1) is 0 Å². The maximum atomic E-state index is 11.9. The molecule has 1 aromatic rings. The van der Waals surface area contributed by atoms with Crippen LogP contribution in [-0.4, -0.2) is 31.1 Å². The van der Waals surface area contributed by atoms with E-state index in [1.54, 1.807) is 25.1 Å². The van der Waals surface area contributed by atoms with Crippen molar-refractivity contribution in [1.82, 2.24) is 10.6 Å². The molecule has 0 bridgehead atoms. The summed E-state index contributed by atoms with van der Waals surface area (Å²) in [4.78, 5) is 11.9. The SMILES string of the molecule is CC(Oc1cc(Cl)cc(Cl)c1)C(=O)NC1CCNC1. The highest BCUT2D eigenvalue weighted by Gasteiger charge is 2.21. The Morgan fingerprint density at radius 2 is 2.11 bits per heavy atom. The molecule has 0 saturated carbocycles. The summed E-state index contributed by atoms with van der Waals surface area (Å²) in [5.74, 6) is 0.356. The molecule has 0 spiro atoms. The maximum Gasteiger partial charge on any atom is 0.261 e. The summed E-state index contributed by atoms with van der Waals surface area (Å²) in [6, 6.07) is 5.06. The minimum absolute atomic E-state index is 0.134. The van der Waals surface area contributed by atoms with E-state index in [9.17, 15) is 4.79 Å². The van der Waals surface area contributed by atoms with Crippen molar-refractivity contribution < 1.29 is 9.53 Å².